The molecule has 0 aliphatic carbocycles. The van der Waals surface area contributed by atoms with E-state index >= 15 is 0 Å². The van der Waals surface area contributed by atoms with Gasteiger partial charge in [-0.15, -0.1) is 0 Å². The van der Waals surface area contributed by atoms with E-state index in [-0.39, 0.29) is 122 Å². The molecule has 1 aromatic rings. The standard InChI is InChI=1S/C88H135N23O33/c1-43(2)37-56(77(133)106-58(41-112)78(134)103-55(87(143)144)14-8-32-93-88(91)92)104-75(131)52(25-29-67(120)121)99-74(130)53(26-30-68(122)123)101-82(138)63-18-12-36-111(63)86(142)59(42-113)107-71(127)44(3)95-76(132)57(39-69(124)125)105-73(129)50(23-27-65(116)117)98-64(115)40-94-79(135)60-15-9-33-108(60)83(139)46(5)97-72(128)51(24-28-66(118)119)100-81(137)62-17-11-35-110(62)85(141)54(13-6-7-31-89)102-70(126)45(4)96-80(136)61-16-10-34-109(61)84(140)49(90)38-47-19-21-48(114)22-20-47/h19-22,43-46,49-63,112-114H,6-18,23-42,89-90H2,1-5H3,(H,94,135)(H,95,132)(H,96,136)(H,97,128)(H,98,115)(H,99,130)(H,100,137)(H,101,138)(H,102,126)(H,103,134)(H,104,131)(H,105,129)(H,106,133)(H,107,127)(H,116,117)(H,118,119)(H,120,121)(H,122,123)(H,124,125)(H,143,144)(H4,91,92,93)/t44-,45-,46-,49-,50-,51-,52-,53-,54-,55-,56-,57-,58-,59-,60-,61-,62-,63-/m0/s1. The molecule has 0 unspecified atom stereocenters. The Labute approximate surface area is 825 Å². The number of rotatable bonds is 61. The van der Waals surface area contributed by atoms with Gasteiger partial charge in [0.05, 0.1) is 32.2 Å². The third kappa shape index (κ3) is 39.0. The molecule has 4 saturated heterocycles. The van der Waals surface area contributed by atoms with Crippen molar-refractivity contribution >= 4 is 148 Å². The van der Waals surface area contributed by atoms with Gasteiger partial charge in [0, 0.05) is 58.4 Å². The van der Waals surface area contributed by atoms with Gasteiger partial charge in [0.25, 0.3) is 0 Å². The number of aliphatic hydroxyl groups is 2. The molecule has 4 aliphatic rings. The average Bonchev–Trinajstić information content (AvgIpc) is 1.68. The molecule has 0 aromatic heterocycles. The number of benzene rings is 1. The monoisotopic (exact) mass is 2040 g/mol. The molecule has 31 N–H and O–H groups in total. The van der Waals surface area contributed by atoms with Crippen molar-refractivity contribution in [1.82, 2.24) is 99.4 Å². The first-order valence-corrected chi connectivity index (χ1v) is 47.2. The second kappa shape index (κ2) is 59.3. The highest BCUT2D eigenvalue weighted by molar-refractivity contribution is 6.03. The summed E-state index contributed by atoms with van der Waals surface area (Å²) in [6.45, 7) is 3.57. The lowest BCUT2D eigenvalue weighted by atomic mass is 10.0. The number of aliphatic hydroxyl groups excluding tert-OH is 2. The van der Waals surface area contributed by atoms with Crippen LogP contribution in [0.4, 0.5) is 0 Å². The highest BCUT2D eigenvalue weighted by Gasteiger charge is 2.46. The van der Waals surface area contributed by atoms with Gasteiger partial charge >= 0.3 is 35.8 Å². The summed E-state index contributed by atoms with van der Waals surface area (Å²) < 4.78 is 0. The van der Waals surface area contributed by atoms with Crippen LogP contribution in [-0.2, 0) is 121 Å². The highest BCUT2D eigenvalue weighted by atomic mass is 16.4. The number of phenols is 1. The zero-order valence-corrected chi connectivity index (χ0v) is 80.5. The number of nitrogens with two attached hydrogens (primary N) is 3. The topological polar surface area (TPSA) is 887 Å². The molecule has 4 heterocycles. The first kappa shape index (κ1) is 120. The summed E-state index contributed by atoms with van der Waals surface area (Å²) in [4.78, 5) is 327. The largest absolute Gasteiger partial charge is 0.508 e. The third-order valence-electron chi connectivity index (χ3n) is 24.0. The fourth-order valence-electron chi connectivity index (χ4n) is 16.3. The molecule has 0 saturated carbocycles. The normalized spacial score (nSPS) is 18.3. The van der Waals surface area contributed by atoms with Crippen LogP contribution in [0.1, 0.15) is 188 Å². The highest BCUT2D eigenvalue weighted by Crippen LogP contribution is 2.26. The van der Waals surface area contributed by atoms with Gasteiger partial charge in [0.2, 0.25) is 106 Å². The van der Waals surface area contributed by atoms with Crippen molar-refractivity contribution in [3.63, 3.8) is 0 Å². The molecular weight excluding hydrogens is 1910 g/mol. The van der Waals surface area contributed by atoms with Gasteiger partial charge in [-0.25, -0.2) is 4.79 Å². The Balaban J connectivity index is 1.19. The van der Waals surface area contributed by atoms with E-state index in [1.165, 1.54) is 35.8 Å². The maximum atomic E-state index is 14.5. The van der Waals surface area contributed by atoms with E-state index in [4.69, 9.17) is 22.6 Å². The molecule has 800 valence electrons. The van der Waals surface area contributed by atoms with Crippen LogP contribution < -0.4 is 97.0 Å². The zero-order valence-electron chi connectivity index (χ0n) is 80.5. The van der Waals surface area contributed by atoms with Gasteiger partial charge in [0.1, 0.15) is 108 Å². The molecule has 1 aromatic carbocycles. The number of hydrogen-bond donors (Lipinski definition) is 28. The van der Waals surface area contributed by atoms with Crippen molar-refractivity contribution in [3.05, 3.63) is 29.8 Å². The van der Waals surface area contributed by atoms with Crippen LogP contribution in [-0.4, -0.2) is 381 Å². The van der Waals surface area contributed by atoms with E-state index in [1.54, 1.807) is 26.0 Å². The molecule has 56 heteroatoms. The molecule has 18 amide bonds. The SMILES string of the molecule is CC(C)C[C@H](NC(=O)[C@H](CCC(=O)O)NC(=O)[C@H](CCC(=O)O)NC(=O)[C@@H]1CCCN1C(=O)[C@H](CO)NC(=O)[C@H](C)NC(=O)[C@H](CC(=O)O)NC(=O)[C@H](CCC(=O)O)NC(=O)CNC(=O)[C@@H]1CCCN1C(=O)[C@H](C)NC(=O)[C@H](CCC(=O)O)NC(=O)[C@@H]1CCCN1C(=O)[C@H](CCCCN)NC(=O)[C@H](C)NC(=O)[C@@H]1CCCN1C(=O)[C@@H](N)Cc1ccc(O)cc1)C(=O)N[C@@H](CO)C(=O)N[C@@H](CCCNC(=N)N)C(=O)O. The molecule has 4 aliphatic heterocycles. The number of aromatic hydroxyl groups is 1. The first-order valence-electron chi connectivity index (χ1n) is 47.2. The van der Waals surface area contributed by atoms with Crippen LogP contribution >= 0.6 is 0 Å². The van der Waals surface area contributed by atoms with E-state index < -0.39 is 340 Å². The number of unbranched alkanes of at least 4 members (excludes halogenated alkanes) is 1. The van der Waals surface area contributed by atoms with Crippen molar-refractivity contribution in [2.75, 3.05) is 59.0 Å². The fraction of sp³-hybridized carbons (Fsp3) is 0.648. The fourth-order valence-corrected chi connectivity index (χ4v) is 16.3. The number of nitrogens with one attached hydrogen (secondary N) is 16. The summed E-state index contributed by atoms with van der Waals surface area (Å²) in [5.41, 5.74) is 18.0. The number of carbonyl (C=O) groups is 24. The molecule has 56 nitrogen and oxygen atoms in total. The van der Waals surface area contributed by atoms with Crippen molar-refractivity contribution in [2.45, 2.75) is 297 Å². The molecule has 18 atom stereocenters. The van der Waals surface area contributed by atoms with Gasteiger partial charge in [-0.1, -0.05) is 26.0 Å². The molecular formula is C88H135N23O33. The average molecular weight is 2040 g/mol. The minimum absolute atomic E-state index is 0.0126. The Morgan fingerprint density at radius 2 is 0.736 bits per heavy atom. The lowest BCUT2D eigenvalue weighted by molar-refractivity contribution is -0.144. The number of carboxylic acid groups (broad SMARTS) is 6. The number of nitrogens with zero attached hydrogens (tertiary/aromatic N) is 4. The van der Waals surface area contributed by atoms with Crippen molar-refractivity contribution in [1.29, 1.82) is 5.41 Å². The molecule has 0 spiro atoms. The Morgan fingerprint density at radius 1 is 0.375 bits per heavy atom. The summed E-state index contributed by atoms with van der Waals surface area (Å²) in [5.74, 6) is -28.9. The number of phenolic OH excluding ortho intramolecular Hbond substituents is 1. The van der Waals surface area contributed by atoms with Gasteiger partial charge in [0.15, 0.2) is 5.96 Å². The van der Waals surface area contributed by atoms with Crippen LogP contribution in [0.25, 0.3) is 0 Å². The Bertz CT molecular complexity index is 4780. The lowest BCUT2D eigenvalue weighted by Gasteiger charge is -2.31. The maximum absolute atomic E-state index is 14.5. The zero-order chi connectivity index (χ0) is 108. The van der Waals surface area contributed by atoms with E-state index in [2.05, 4.69) is 79.8 Å². The number of likely N-dealkylation sites (tertiary alicyclic amines) is 4. The number of aliphatic carboxylic acids is 6. The van der Waals surface area contributed by atoms with Crippen LogP contribution in [0.2, 0.25) is 0 Å². The number of carboxylic acids is 6. The molecule has 4 fully saturated rings. The van der Waals surface area contributed by atoms with Gasteiger partial charge < -0.3 is 163 Å². The molecule has 5 rings (SSSR count). The molecule has 0 radical (unpaired) electrons. The Hall–Kier alpha value is -14.6. The number of amides is 18. The second-order valence-electron chi connectivity index (χ2n) is 35.7. The summed E-state index contributed by atoms with van der Waals surface area (Å²) in [7, 11) is 0. The number of hydrogen-bond acceptors (Lipinski definition) is 30. The predicted octanol–water partition coefficient (Wildman–Crippen LogP) is -9.85. The van der Waals surface area contributed by atoms with Crippen LogP contribution in [0.3, 0.4) is 0 Å². The summed E-state index contributed by atoms with van der Waals surface area (Å²) >= 11 is 0. The van der Waals surface area contributed by atoms with E-state index in [0.29, 0.717) is 24.8 Å². The predicted molar refractivity (Wildman–Crippen MR) is 497 cm³/mol. The summed E-state index contributed by atoms with van der Waals surface area (Å²) in [6, 6.07) is -22.4. The van der Waals surface area contributed by atoms with Crippen molar-refractivity contribution in [3.8, 4) is 5.75 Å². The maximum Gasteiger partial charge on any atom is 0.326 e. The summed E-state index contributed by atoms with van der Waals surface area (Å²) in [6.07, 6.45) is -5.66. The second-order valence-corrected chi connectivity index (χ2v) is 35.7. The van der Waals surface area contributed by atoms with E-state index in [9.17, 15) is 161 Å². The van der Waals surface area contributed by atoms with Crippen molar-refractivity contribution in [2.24, 2.45) is 23.1 Å². The number of carbonyl (C=O) groups excluding carboxylic acids is 18. The Kier molecular flexibility index (Phi) is 49.4. The number of guanidine groups is 1. The lowest BCUT2D eigenvalue weighted by Crippen LogP contribution is -2.61. The minimum atomic E-state index is -2.15. The van der Waals surface area contributed by atoms with Crippen LogP contribution in [0.15, 0.2) is 24.3 Å². The van der Waals surface area contributed by atoms with Crippen molar-refractivity contribution < 1.29 is 161 Å². The van der Waals surface area contributed by atoms with Crippen LogP contribution in [0.5, 0.6) is 5.75 Å². The smallest absolute Gasteiger partial charge is 0.326 e. The molecule has 144 heavy (non-hydrogen) atoms. The summed E-state index contributed by atoms with van der Waals surface area (Å²) in [5, 5.41) is 131. The molecule has 0 bridgehead atoms. The van der Waals surface area contributed by atoms with Gasteiger partial charge in [-0.3, -0.25) is 116 Å². The quantitative estimate of drug-likeness (QED) is 0.0164. The minimum Gasteiger partial charge on any atom is -0.508 e. The van der Waals surface area contributed by atoms with E-state index in [0.717, 1.165) is 16.7 Å². The van der Waals surface area contributed by atoms with Gasteiger partial charge in [-0.05, 0) is 173 Å². The van der Waals surface area contributed by atoms with Crippen LogP contribution in [0, 0.1) is 11.3 Å². The first-order chi connectivity index (χ1) is 67.9. The van der Waals surface area contributed by atoms with Gasteiger partial charge in [-0.2, -0.15) is 0 Å². The Morgan fingerprint density at radius 3 is 1.19 bits per heavy atom. The van der Waals surface area contributed by atoms with E-state index in [1.807, 2.05) is 0 Å². The third-order valence-corrected chi connectivity index (χ3v) is 24.0.